The van der Waals surface area contributed by atoms with Crippen LogP contribution in [-0.2, 0) is 4.79 Å². The molecule has 0 aromatic rings. The fourth-order valence-electron chi connectivity index (χ4n) is 2.29. The highest BCUT2D eigenvalue weighted by molar-refractivity contribution is 6.06. The molecule has 2 N–H and O–H groups in total. The Morgan fingerprint density at radius 3 is 2.25 bits per heavy atom. The number of carbonyl (C=O) groups excluding carboxylic acids is 2. The summed E-state index contributed by atoms with van der Waals surface area (Å²) >= 11 is 0. The molecule has 1 aliphatic rings. The maximum atomic E-state index is 11.8. The fourth-order valence-corrected chi connectivity index (χ4v) is 2.29. The number of unbranched alkanes of at least 4 members (excludes halogenated alkanes) is 3. The lowest BCUT2D eigenvalue weighted by molar-refractivity contribution is -0.124. The summed E-state index contributed by atoms with van der Waals surface area (Å²) in [7, 11) is 0. The van der Waals surface area contributed by atoms with Crippen molar-refractivity contribution in [2.75, 3.05) is 0 Å². The first kappa shape index (κ1) is 13.0. The molecular formula is C12H22N2O2. The summed E-state index contributed by atoms with van der Waals surface area (Å²) in [6, 6.07) is -0.339. The van der Waals surface area contributed by atoms with Gasteiger partial charge in [-0.3, -0.25) is 10.1 Å². The zero-order chi connectivity index (χ0) is 12.0. The van der Waals surface area contributed by atoms with Crippen LogP contribution in [0, 0.1) is 0 Å². The summed E-state index contributed by atoms with van der Waals surface area (Å²) < 4.78 is 0. The molecule has 1 heterocycles. The summed E-state index contributed by atoms with van der Waals surface area (Å²) in [6.45, 7) is 4.19. The summed E-state index contributed by atoms with van der Waals surface area (Å²) in [4.78, 5) is 23.0. The van der Waals surface area contributed by atoms with Gasteiger partial charge >= 0.3 is 6.03 Å². The third-order valence-corrected chi connectivity index (χ3v) is 3.15. The van der Waals surface area contributed by atoms with Crippen molar-refractivity contribution >= 4 is 11.9 Å². The lowest BCUT2D eigenvalue weighted by Crippen LogP contribution is -2.46. The van der Waals surface area contributed by atoms with Crippen molar-refractivity contribution in [3.05, 3.63) is 0 Å². The van der Waals surface area contributed by atoms with Crippen LogP contribution >= 0.6 is 0 Å². The van der Waals surface area contributed by atoms with Crippen molar-refractivity contribution in [1.29, 1.82) is 0 Å². The lowest BCUT2D eigenvalue weighted by atomic mass is 9.87. The number of nitrogens with one attached hydrogen (secondary N) is 2. The number of hydrogen-bond acceptors (Lipinski definition) is 2. The Hall–Kier alpha value is -1.06. The lowest BCUT2D eigenvalue weighted by Gasteiger charge is -2.25. The number of urea groups is 1. The van der Waals surface area contributed by atoms with Gasteiger partial charge in [0.25, 0.3) is 5.91 Å². The molecule has 0 aromatic heterocycles. The molecule has 0 spiro atoms. The van der Waals surface area contributed by atoms with Gasteiger partial charge in [-0.15, -0.1) is 0 Å². The minimum Gasteiger partial charge on any atom is -0.323 e. The van der Waals surface area contributed by atoms with E-state index in [0.29, 0.717) is 0 Å². The molecular weight excluding hydrogens is 204 g/mol. The highest BCUT2D eigenvalue weighted by atomic mass is 16.2. The second-order valence-corrected chi connectivity index (χ2v) is 4.55. The SMILES string of the molecule is CCCCCCC1(CCC)NC(=O)NC1=O. The Labute approximate surface area is 97.2 Å². The van der Waals surface area contributed by atoms with Crippen LogP contribution in [0.4, 0.5) is 4.79 Å². The van der Waals surface area contributed by atoms with Crippen LogP contribution in [0.3, 0.4) is 0 Å². The van der Waals surface area contributed by atoms with Crippen LogP contribution < -0.4 is 10.6 Å². The molecule has 1 fully saturated rings. The van der Waals surface area contributed by atoms with E-state index in [-0.39, 0.29) is 11.9 Å². The first-order chi connectivity index (χ1) is 7.64. The minimum atomic E-state index is -0.625. The predicted octanol–water partition coefficient (Wildman–Crippen LogP) is 2.34. The van der Waals surface area contributed by atoms with E-state index in [2.05, 4.69) is 17.6 Å². The molecule has 16 heavy (non-hydrogen) atoms. The largest absolute Gasteiger partial charge is 0.323 e. The highest BCUT2D eigenvalue weighted by Gasteiger charge is 2.44. The Kier molecular flexibility index (Phi) is 4.77. The third kappa shape index (κ3) is 2.97. The number of carbonyl (C=O) groups is 2. The molecule has 4 heteroatoms. The molecule has 1 unspecified atom stereocenters. The van der Waals surface area contributed by atoms with Crippen molar-refractivity contribution < 1.29 is 9.59 Å². The Bertz CT molecular complexity index is 266. The van der Waals surface area contributed by atoms with Crippen molar-refractivity contribution in [2.24, 2.45) is 0 Å². The van der Waals surface area contributed by atoms with Crippen molar-refractivity contribution in [1.82, 2.24) is 10.6 Å². The number of imide groups is 1. The van der Waals surface area contributed by atoms with Gasteiger partial charge in [-0.25, -0.2) is 4.79 Å². The van der Waals surface area contributed by atoms with Gasteiger partial charge in [-0.1, -0.05) is 46.0 Å². The number of rotatable bonds is 7. The molecule has 1 atom stereocenters. The maximum absolute atomic E-state index is 11.8. The molecule has 92 valence electrons. The van der Waals surface area contributed by atoms with Crippen LogP contribution in [0.25, 0.3) is 0 Å². The van der Waals surface area contributed by atoms with Gasteiger partial charge < -0.3 is 5.32 Å². The van der Waals surface area contributed by atoms with Crippen LogP contribution in [0.5, 0.6) is 0 Å². The Balaban J connectivity index is 2.52. The topological polar surface area (TPSA) is 58.2 Å². The van der Waals surface area contributed by atoms with E-state index >= 15 is 0 Å². The summed E-state index contributed by atoms with van der Waals surface area (Å²) in [5.41, 5.74) is -0.625. The molecule has 0 aliphatic carbocycles. The van der Waals surface area contributed by atoms with Crippen LogP contribution in [-0.4, -0.2) is 17.5 Å². The van der Waals surface area contributed by atoms with Crippen molar-refractivity contribution in [2.45, 2.75) is 64.3 Å². The molecule has 1 saturated heterocycles. The highest BCUT2D eigenvalue weighted by Crippen LogP contribution is 2.24. The van der Waals surface area contributed by atoms with Crippen molar-refractivity contribution in [3.63, 3.8) is 0 Å². The van der Waals surface area contributed by atoms with E-state index in [1.165, 1.54) is 12.8 Å². The number of hydrogen-bond donors (Lipinski definition) is 2. The average molecular weight is 226 g/mol. The molecule has 3 amide bonds. The quantitative estimate of drug-likeness (QED) is 0.517. The van der Waals surface area contributed by atoms with E-state index in [1.807, 2.05) is 6.92 Å². The Morgan fingerprint density at radius 2 is 1.75 bits per heavy atom. The molecule has 0 saturated carbocycles. The van der Waals surface area contributed by atoms with Gasteiger partial charge in [0.05, 0.1) is 0 Å². The van der Waals surface area contributed by atoms with Gasteiger partial charge in [-0.2, -0.15) is 0 Å². The molecule has 1 aliphatic heterocycles. The zero-order valence-electron chi connectivity index (χ0n) is 10.3. The first-order valence-corrected chi connectivity index (χ1v) is 6.28. The van der Waals surface area contributed by atoms with E-state index in [0.717, 1.165) is 32.1 Å². The summed E-state index contributed by atoms with van der Waals surface area (Å²) in [5, 5.41) is 5.14. The van der Waals surface area contributed by atoms with E-state index < -0.39 is 5.54 Å². The minimum absolute atomic E-state index is 0.143. The normalized spacial score (nSPS) is 24.4. The van der Waals surface area contributed by atoms with Crippen LogP contribution in [0.15, 0.2) is 0 Å². The Morgan fingerprint density at radius 1 is 1.00 bits per heavy atom. The smallest absolute Gasteiger partial charge is 0.322 e. The predicted molar refractivity (Wildman–Crippen MR) is 63.1 cm³/mol. The standard InChI is InChI=1S/C12H22N2O2/c1-3-5-6-7-9-12(8-4-2)10(15)13-11(16)14-12/h3-9H2,1-2H3,(H2,13,14,15,16). The molecule has 4 nitrogen and oxygen atoms in total. The molecule has 0 bridgehead atoms. The van der Waals surface area contributed by atoms with Gasteiger partial charge in [0.1, 0.15) is 5.54 Å². The van der Waals surface area contributed by atoms with Crippen LogP contribution in [0.1, 0.15) is 58.8 Å². The summed E-state index contributed by atoms with van der Waals surface area (Å²) in [5.74, 6) is -0.143. The number of amides is 3. The van der Waals surface area contributed by atoms with E-state index in [1.54, 1.807) is 0 Å². The van der Waals surface area contributed by atoms with Gasteiger partial charge in [0.2, 0.25) is 0 Å². The third-order valence-electron chi connectivity index (χ3n) is 3.15. The summed E-state index contributed by atoms with van der Waals surface area (Å²) in [6.07, 6.45) is 6.90. The fraction of sp³-hybridized carbons (Fsp3) is 0.833. The van der Waals surface area contributed by atoms with Gasteiger partial charge in [-0.05, 0) is 12.8 Å². The van der Waals surface area contributed by atoms with Gasteiger partial charge in [0.15, 0.2) is 0 Å². The first-order valence-electron chi connectivity index (χ1n) is 6.28. The average Bonchev–Trinajstić information content (AvgIpc) is 2.50. The molecule has 0 aromatic carbocycles. The van der Waals surface area contributed by atoms with Crippen molar-refractivity contribution in [3.8, 4) is 0 Å². The zero-order valence-corrected chi connectivity index (χ0v) is 10.3. The monoisotopic (exact) mass is 226 g/mol. The van der Waals surface area contributed by atoms with E-state index in [9.17, 15) is 9.59 Å². The molecule has 0 radical (unpaired) electrons. The second-order valence-electron chi connectivity index (χ2n) is 4.55. The van der Waals surface area contributed by atoms with Gasteiger partial charge in [0, 0.05) is 0 Å². The van der Waals surface area contributed by atoms with Crippen LogP contribution in [0.2, 0.25) is 0 Å². The second kappa shape index (κ2) is 5.87. The van der Waals surface area contributed by atoms with E-state index in [4.69, 9.17) is 0 Å². The maximum Gasteiger partial charge on any atom is 0.322 e. The molecule has 1 rings (SSSR count).